The Morgan fingerprint density at radius 3 is 2.67 bits per heavy atom. The van der Waals surface area contributed by atoms with Crippen molar-refractivity contribution in [3.63, 3.8) is 0 Å². The largest absolute Gasteiger partial charge is 0.444 e. The van der Waals surface area contributed by atoms with Crippen LogP contribution < -0.4 is 16.8 Å². The highest BCUT2D eigenvalue weighted by atomic mass is 16.6. The maximum Gasteiger partial charge on any atom is 0.439 e. The molecule has 0 bridgehead atoms. The molecule has 0 atom stereocenters. The van der Waals surface area contributed by atoms with Gasteiger partial charge in [0, 0.05) is 24.7 Å². The number of aromatic nitrogens is 2. The van der Waals surface area contributed by atoms with E-state index in [0.717, 1.165) is 18.5 Å². The van der Waals surface area contributed by atoms with Crippen LogP contribution in [0.25, 0.3) is 11.4 Å². The Hall–Kier alpha value is -2.97. The van der Waals surface area contributed by atoms with Gasteiger partial charge >= 0.3 is 11.8 Å². The fourth-order valence-corrected chi connectivity index (χ4v) is 2.94. The van der Waals surface area contributed by atoms with Crippen LogP contribution in [0.3, 0.4) is 0 Å². The summed E-state index contributed by atoms with van der Waals surface area (Å²) in [6.07, 6.45) is 1.28. The maximum absolute atomic E-state index is 12.2. The Labute approximate surface area is 156 Å². The number of likely N-dealkylation sites (tertiary alicyclic amines) is 1. The quantitative estimate of drug-likeness (QED) is 0.703. The summed E-state index contributed by atoms with van der Waals surface area (Å²) in [6.45, 7) is 6.80. The molecule has 1 fully saturated rings. The molecule has 9 heteroatoms. The van der Waals surface area contributed by atoms with Gasteiger partial charge in [-0.2, -0.15) is 0 Å². The number of rotatable bonds is 3. The molecule has 0 spiro atoms. The fraction of sp³-hybridized carbons (Fsp3) is 0.500. The Morgan fingerprint density at radius 1 is 1.37 bits per heavy atom. The molecule has 1 aromatic heterocycles. The number of H-pyrrole nitrogens is 1. The third-order valence-corrected chi connectivity index (χ3v) is 4.27. The second-order valence-corrected chi connectivity index (χ2v) is 7.63. The number of amides is 1. The summed E-state index contributed by atoms with van der Waals surface area (Å²) in [6, 6.07) is 5.51. The Morgan fingerprint density at radius 2 is 2.07 bits per heavy atom. The highest BCUT2D eigenvalue weighted by molar-refractivity contribution is 5.74. The lowest BCUT2D eigenvalue weighted by Crippen LogP contribution is -2.44. The van der Waals surface area contributed by atoms with E-state index in [-0.39, 0.29) is 12.1 Å². The van der Waals surface area contributed by atoms with Crippen LogP contribution >= 0.6 is 0 Å². The van der Waals surface area contributed by atoms with Crippen molar-refractivity contribution in [3.8, 4) is 11.4 Å². The number of nitrogens with two attached hydrogens (primary N) is 1. The third-order valence-electron chi connectivity index (χ3n) is 4.27. The molecule has 1 amide bonds. The van der Waals surface area contributed by atoms with E-state index in [4.69, 9.17) is 10.5 Å². The van der Waals surface area contributed by atoms with Gasteiger partial charge in [0.2, 0.25) is 0 Å². The van der Waals surface area contributed by atoms with E-state index in [1.807, 2.05) is 26.8 Å². The second-order valence-electron chi connectivity index (χ2n) is 7.63. The van der Waals surface area contributed by atoms with Crippen molar-refractivity contribution < 1.29 is 14.1 Å². The van der Waals surface area contributed by atoms with Crippen LogP contribution in [-0.2, 0) is 4.74 Å². The molecular formula is C18H25N5O4. The first kappa shape index (κ1) is 18.8. The van der Waals surface area contributed by atoms with E-state index in [1.165, 1.54) is 0 Å². The zero-order chi connectivity index (χ0) is 19.6. The van der Waals surface area contributed by atoms with Gasteiger partial charge in [-0.05, 0) is 51.8 Å². The minimum absolute atomic E-state index is 0.178. The minimum Gasteiger partial charge on any atom is -0.444 e. The van der Waals surface area contributed by atoms with Crippen LogP contribution in [0, 0.1) is 0 Å². The van der Waals surface area contributed by atoms with Gasteiger partial charge in [-0.1, -0.05) is 5.16 Å². The van der Waals surface area contributed by atoms with Gasteiger partial charge in [-0.15, -0.1) is 0 Å². The lowest BCUT2D eigenvalue weighted by molar-refractivity contribution is 0.0210. The number of nitrogens with one attached hydrogen (secondary N) is 2. The summed E-state index contributed by atoms with van der Waals surface area (Å²) in [4.78, 5) is 27.5. The number of piperidine rings is 1. The first-order valence-electron chi connectivity index (χ1n) is 8.91. The van der Waals surface area contributed by atoms with E-state index in [2.05, 4.69) is 20.0 Å². The molecule has 2 heterocycles. The van der Waals surface area contributed by atoms with Crippen LogP contribution in [0.15, 0.2) is 27.5 Å². The summed E-state index contributed by atoms with van der Waals surface area (Å²) in [5.74, 6) is -0.256. The minimum atomic E-state index is -0.606. The smallest absolute Gasteiger partial charge is 0.439 e. The average molecular weight is 375 g/mol. The molecule has 0 radical (unpaired) electrons. The lowest BCUT2D eigenvalue weighted by atomic mass is 10.0. The van der Waals surface area contributed by atoms with E-state index < -0.39 is 11.4 Å². The van der Waals surface area contributed by atoms with Crippen molar-refractivity contribution in [2.75, 3.05) is 24.1 Å². The van der Waals surface area contributed by atoms with Crippen molar-refractivity contribution in [2.45, 2.75) is 45.3 Å². The van der Waals surface area contributed by atoms with Crippen LogP contribution in [0.1, 0.15) is 33.6 Å². The number of hydrogen-bond acceptors (Lipinski definition) is 7. The summed E-state index contributed by atoms with van der Waals surface area (Å²) < 4.78 is 9.96. The van der Waals surface area contributed by atoms with Crippen LogP contribution in [0.4, 0.5) is 16.2 Å². The number of nitrogen functional groups attached to an aromatic ring is 1. The Bertz CT molecular complexity index is 859. The van der Waals surface area contributed by atoms with E-state index >= 15 is 0 Å². The molecule has 1 aromatic carbocycles. The first-order chi connectivity index (χ1) is 12.7. The predicted octanol–water partition coefficient (Wildman–Crippen LogP) is 2.42. The Balaban J connectivity index is 1.62. The van der Waals surface area contributed by atoms with Gasteiger partial charge in [-0.3, -0.25) is 9.51 Å². The Kier molecular flexibility index (Phi) is 5.11. The first-order valence-corrected chi connectivity index (χ1v) is 8.91. The zero-order valence-electron chi connectivity index (χ0n) is 15.7. The van der Waals surface area contributed by atoms with Gasteiger partial charge in [0.25, 0.3) is 0 Å². The number of nitrogens with zero attached hydrogens (tertiary/aromatic N) is 2. The molecule has 146 valence electrons. The second kappa shape index (κ2) is 7.34. The summed E-state index contributed by atoms with van der Waals surface area (Å²) in [7, 11) is 0. The maximum atomic E-state index is 12.2. The molecule has 0 unspecified atom stereocenters. The summed E-state index contributed by atoms with van der Waals surface area (Å²) >= 11 is 0. The fourth-order valence-electron chi connectivity index (χ4n) is 2.94. The standard InChI is InChI=1S/C18H25N5O4/c1-18(2,3)26-17(25)23-8-6-12(7-9-23)20-14-10-11(4-5-13(14)19)15-21-16(24)27-22-15/h4-5,10,12,20H,6-9,19H2,1-3H3,(H,21,22,24). The third kappa shape index (κ3) is 4.81. The number of aromatic amines is 1. The molecule has 1 aliphatic rings. The highest BCUT2D eigenvalue weighted by Gasteiger charge is 2.27. The molecule has 2 aromatic rings. The van der Waals surface area contributed by atoms with Crippen molar-refractivity contribution >= 4 is 17.5 Å². The van der Waals surface area contributed by atoms with Crippen LogP contribution in [-0.4, -0.2) is 45.9 Å². The SMILES string of the molecule is CC(C)(C)OC(=O)N1CCC(Nc2cc(-c3noc(=O)[nH]3)ccc2N)CC1. The number of anilines is 2. The van der Waals surface area contributed by atoms with Gasteiger partial charge in [-0.25, -0.2) is 9.59 Å². The zero-order valence-corrected chi connectivity index (χ0v) is 15.7. The monoisotopic (exact) mass is 375 g/mol. The van der Waals surface area contributed by atoms with Gasteiger partial charge in [0.15, 0.2) is 5.82 Å². The molecule has 3 rings (SSSR count). The van der Waals surface area contributed by atoms with Crippen LogP contribution in [0.5, 0.6) is 0 Å². The normalized spacial score (nSPS) is 15.6. The molecule has 4 N–H and O–H groups in total. The lowest BCUT2D eigenvalue weighted by Gasteiger charge is -2.34. The molecular weight excluding hydrogens is 350 g/mol. The van der Waals surface area contributed by atoms with E-state index in [0.29, 0.717) is 30.2 Å². The number of ether oxygens (including phenoxy) is 1. The predicted molar refractivity (Wildman–Crippen MR) is 101 cm³/mol. The van der Waals surface area contributed by atoms with Crippen molar-refractivity contribution in [3.05, 3.63) is 28.7 Å². The number of carbonyl (C=O) groups excluding carboxylic acids is 1. The summed E-state index contributed by atoms with van der Waals surface area (Å²) in [5.41, 5.74) is 7.63. The molecule has 27 heavy (non-hydrogen) atoms. The molecule has 0 saturated carbocycles. The van der Waals surface area contributed by atoms with E-state index in [1.54, 1.807) is 17.0 Å². The van der Waals surface area contributed by atoms with E-state index in [9.17, 15) is 9.59 Å². The van der Waals surface area contributed by atoms with Crippen molar-refractivity contribution in [2.24, 2.45) is 0 Å². The topological polar surface area (TPSA) is 126 Å². The summed E-state index contributed by atoms with van der Waals surface area (Å²) in [5, 5.41) is 7.11. The van der Waals surface area contributed by atoms with Crippen LogP contribution in [0.2, 0.25) is 0 Å². The van der Waals surface area contributed by atoms with Crippen molar-refractivity contribution in [1.82, 2.24) is 15.0 Å². The molecule has 9 nitrogen and oxygen atoms in total. The molecule has 0 aliphatic carbocycles. The number of hydrogen-bond donors (Lipinski definition) is 3. The van der Waals surface area contributed by atoms with Crippen molar-refractivity contribution in [1.29, 1.82) is 0 Å². The van der Waals surface area contributed by atoms with Gasteiger partial charge in [0.05, 0.1) is 11.4 Å². The number of carbonyl (C=O) groups is 1. The average Bonchev–Trinajstić information content (AvgIpc) is 3.02. The van der Waals surface area contributed by atoms with Gasteiger partial charge < -0.3 is 20.7 Å². The highest BCUT2D eigenvalue weighted by Crippen LogP contribution is 2.27. The molecule has 1 aliphatic heterocycles. The number of benzene rings is 1. The van der Waals surface area contributed by atoms with Gasteiger partial charge in [0.1, 0.15) is 5.60 Å². The molecule has 1 saturated heterocycles.